The third-order valence-corrected chi connectivity index (χ3v) is 3.94. The molecule has 0 saturated carbocycles. The van der Waals surface area contributed by atoms with Crippen molar-refractivity contribution in [3.63, 3.8) is 0 Å². The summed E-state index contributed by atoms with van der Waals surface area (Å²) in [6, 6.07) is 11.3. The van der Waals surface area contributed by atoms with Crippen molar-refractivity contribution < 1.29 is 0 Å². The molecule has 1 N–H and O–H groups in total. The van der Waals surface area contributed by atoms with Crippen LogP contribution in [-0.4, -0.2) is 31.6 Å². The Hall–Kier alpha value is -0.860. The fraction of sp³-hybridized carbons (Fsp3) is 0.667. The van der Waals surface area contributed by atoms with Gasteiger partial charge >= 0.3 is 0 Å². The lowest BCUT2D eigenvalue weighted by molar-refractivity contribution is 0.251. The highest BCUT2D eigenvalue weighted by Crippen LogP contribution is 2.16. The predicted octanol–water partition coefficient (Wildman–Crippen LogP) is 4.24. The molecule has 2 heteroatoms. The second kappa shape index (κ2) is 10.9. The maximum Gasteiger partial charge on any atom is 0.0329 e. The minimum absolute atomic E-state index is 0.474. The molecule has 1 aromatic carbocycles. The van der Waals surface area contributed by atoms with E-state index in [9.17, 15) is 0 Å². The number of hydrogen-bond donors (Lipinski definition) is 1. The summed E-state index contributed by atoms with van der Waals surface area (Å²) in [5.74, 6) is 0. The van der Waals surface area contributed by atoms with Gasteiger partial charge in [-0.1, -0.05) is 57.0 Å². The van der Waals surface area contributed by atoms with E-state index in [0.29, 0.717) is 6.04 Å². The van der Waals surface area contributed by atoms with Gasteiger partial charge in [0.05, 0.1) is 0 Å². The first-order valence-electron chi connectivity index (χ1n) is 8.26. The Bertz CT molecular complexity index is 315. The normalized spacial score (nSPS) is 12.8. The number of hydrogen-bond acceptors (Lipinski definition) is 2. The van der Waals surface area contributed by atoms with Crippen LogP contribution in [0.5, 0.6) is 0 Å². The largest absolute Gasteiger partial charge is 0.313 e. The van der Waals surface area contributed by atoms with Crippen LogP contribution in [0.1, 0.15) is 57.6 Å². The molecule has 114 valence electrons. The lowest BCUT2D eigenvalue weighted by Gasteiger charge is -2.25. The molecule has 1 aromatic rings. The van der Waals surface area contributed by atoms with E-state index < -0.39 is 0 Å². The van der Waals surface area contributed by atoms with Crippen molar-refractivity contribution >= 4 is 0 Å². The first-order chi connectivity index (χ1) is 9.81. The smallest absolute Gasteiger partial charge is 0.0329 e. The van der Waals surface area contributed by atoms with Gasteiger partial charge in [0.25, 0.3) is 0 Å². The zero-order valence-electron chi connectivity index (χ0n) is 13.6. The molecule has 2 nitrogen and oxygen atoms in total. The van der Waals surface area contributed by atoms with Gasteiger partial charge in [-0.15, -0.1) is 0 Å². The van der Waals surface area contributed by atoms with Crippen molar-refractivity contribution in [2.45, 2.75) is 52.0 Å². The van der Waals surface area contributed by atoms with E-state index in [1.54, 1.807) is 0 Å². The van der Waals surface area contributed by atoms with E-state index in [1.165, 1.54) is 57.3 Å². The summed E-state index contributed by atoms with van der Waals surface area (Å²) < 4.78 is 0. The Balaban J connectivity index is 2.46. The molecule has 1 rings (SSSR count). The summed E-state index contributed by atoms with van der Waals surface area (Å²) in [5.41, 5.74) is 1.40. The maximum atomic E-state index is 3.46. The summed E-state index contributed by atoms with van der Waals surface area (Å²) in [5, 5.41) is 3.46. The van der Waals surface area contributed by atoms with Crippen LogP contribution < -0.4 is 5.32 Å². The van der Waals surface area contributed by atoms with E-state index in [4.69, 9.17) is 0 Å². The monoisotopic (exact) mass is 276 g/mol. The van der Waals surface area contributed by atoms with E-state index in [0.717, 1.165) is 0 Å². The maximum absolute atomic E-state index is 3.46. The molecule has 0 radical (unpaired) electrons. The SMILES string of the molecule is CCCCN(CCCC)CCC(NC)c1ccccc1. The number of rotatable bonds is 11. The molecular formula is C18H32N2. The zero-order chi connectivity index (χ0) is 14.6. The van der Waals surface area contributed by atoms with Crippen LogP contribution in [0.2, 0.25) is 0 Å². The molecule has 1 unspecified atom stereocenters. The molecule has 0 aliphatic rings. The van der Waals surface area contributed by atoms with Gasteiger partial charge in [-0.05, 0) is 51.5 Å². The van der Waals surface area contributed by atoms with Gasteiger partial charge < -0.3 is 10.2 Å². The van der Waals surface area contributed by atoms with E-state index in [1.807, 2.05) is 0 Å². The van der Waals surface area contributed by atoms with Crippen molar-refractivity contribution in [3.05, 3.63) is 35.9 Å². The Morgan fingerprint density at radius 2 is 1.55 bits per heavy atom. The van der Waals surface area contributed by atoms with Gasteiger partial charge in [-0.3, -0.25) is 0 Å². The highest BCUT2D eigenvalue weighted by atomic mass is 15.1. The molecule has 0 heterocycles. The van der Waals surface area contributed by atoms with Crippen molar-refractivity contribution in [1.82, 2.24) is 10.2 Å². The topological polar surface area (TPSA) is 15.3 Å². The summed E-state index contributed by atoms with van der Waals surface area (Å²) in [4.78, 5) is 2.64. The molecule has 0 fully saturated rings. The molecule has 20 heavy (non-hydrogen) atoms. The van der Waals surface area contributed by atoms with Crippen LogP contribution in [0.4, 0.5) is 0 Å². The molecule has 0 spiro atoms. The van der Waals surface area contributed by atoms with Gasteiger partial charge in [-0.25, -0.2) is 0 Å². The van der Waals surface area contributed by atoms with E-state index in [-0.39, 0.29) is 0 Å². The van der Waals surface area contributed by atoms with Crippen molar-refractivity contribution in [2.24, 2.45) is 0 Å². The molecule has 0 amide bonds. The average molecular weight is 276 g/mol. The average Bonchev–Trinajstić information content (AvgIpc) is 2.50. The standard InChI is InChI=1S/C18H32N2/c1-4-6-14-20(15-7-5-2)16-13-18(19-3)17-11-9-8-10-12-17/h8-12,18-19H,4-7,13-16H2,1-3H3. The van der Waals surface area contributed by atoms with Crippen LogP contribution in [0.15, 0.2) is 30.3 Å². The van der Waals surface area contributed by atoms with Crippen LogP contribution >= 0.6 is 0 Å². The van der Waals surface area contributed by atoms with Crippen LogP contribution in [0, 0.1) is 0 Å². The molecule has 0 aliphatic carbocycles. The number of benzene rings is 1. The number of nitrogens with zero attached hydrogens (tertiary/aromatic N) is 1. The van der Waals surface area contributed by atoms with Crippen molar-refractivity contribution in [1.29, 1.82) is 0 Å². The molecule has 0 bridgehead atoms. The van der Waals surface area contributed by atoms with Crippen LogP contribution in [-0.2, 0) is 0 Å². The Kier molecular flexibility index (Phi) is 9.35. The van der Waals surface area contributed by atoms with Gasteiger partial charge in [0.1, 0.15) is 0 Å². The molecule has 0 saturated heterocycles. The zero-order valence-corrected chi connectivity index (χ0v) is 13.6. The van der Waals surface area contributed by atoms with Gasteiger partial charge in [0.15, 0.2) is 0 Å². The predicted molar refractivity (Wildman–Crippen MR) is 89.1 cm³/mol. The Morgan fingerprint density at radius 1 is 0.950 bits per heavy atom. The summed E-state index contributed by atoms with van der Waals surface area (Å²) in [6.45, 7) is 8.25. The molecule has 0 aromatic heterocycles. The lowest BCUT2D eigenvalue weighted by atomic mass is 10.0. The lowest BCUT2D eigenvalue weighted by Crippen LogP contribution is -2.30. The number of unbranched alkanes of at least 4 members (excludes halogenated alkanes) is 2. The quantitative estimate of drug-likeness (QED) is 0.650. The second-order valence-corrected chi connectivity index (χ2v) is 5.59. The Labute approximate surface area is 125 Å². The van der Waals surface area contributed by atoms with Gasteiger partial charge in [-0.2, -0.15) is 0 Å². The summed E-state index contributed by atoms with van der Waals surface area (Å²) in [7, 11) is 2.07. The fourth-order valence-electron chi connectivity index (χ4n) is 2.57. The summed E-state index contributed by atoms with van der Waals surface area (Å²) >= 11 is 0. The van der Waals surface area contributed by atoms with Crippen LogP contribution in [0.3, 0.4) is 0 Å². The minimum Gasteiger partial charge on any atom is -0.313 e. The third-order valence-electron chi connectivity index (χ3n) is 3.94. The number of nitrogens with one attached hydrogen (secondary N) is 1. The highest BCUT2D eigenvalue weighted by molar-refractivity contribution is 5.18. The fourth-order valence-corrected chi connectivity index (χ4v) is 2.57. The highest BCUT2D eigenvalue weighted by Gasteiger charge is 2.11. The first kappa shape index (κ1) is 17.2. The van der Waals surface area contributed by atoms with E-state index >= 15 is 0 Å². The van der Waals surface area contributed by atoms with Gasteiger partial charge in [0, 0.05) is 6.04 Å². The van der Waals surface area contributed by atoms with Crippen molar-refractivity contribution in [3.8, 4) is 0 Å². The van der Waals surface area contributed by atoms with Gasteiger partial charge in [0.2, 0.25) is 0 Å². The van der Waals surface area contributed by atoms with Crippen LogP contribution in [0.25, 0.3) is 0 Å². The summed E-state index contributed by atoms with van der Waals surface area (Å²) in [6.07, 6.45) is 6.40. The first-order valence-corrected chi connectivity index (χ1v) is 8.26. The molecule has 0 aliphatic heterocycles. The Morgan fingerprint density at radius 3 is 2.05 bits per heavy atom. The van der Waals surface area contributed by atoms with Crippen molar-refractivity contribution in [2.75, 3.05) is 26.7 Å². The minimum atomic E-state index is 0.474. The molecule has 1 atom stereocenters. The molecular weight excluding hydrogens is 244 g/mol. The van der Waals surface area contributed by atoms with E-state index in [2.05, 4.69) is 61.4 Å². The third kappa shape index (κ3) is 6.53. The second-order valence-electron chi connectivity index (χ2n) is 5.59.